The number of rotatable bonds is 4. The van der Waals surface area contributed by atoms with Crippen LogP contribution in [0.15, 0.2) is 11.4 Å². The van der Waals surface area contributed by atoms with E-state index in [1.54, 1.807) is 20.3 Å². The van der Waals surface area contributed by atoms with Crippen LogP contribution in [0.2, 0.25) is 0 Å². The van der Waals surface area contributed by atoms with Gasteiger partial charge in [0.05, 0.1) is 24.1 Å². The van der Waals surface area contributed by atoms with Gasteiger partial charge in [0.1, 0.15) is 5.75 Å². The Morgan fingerprint density at radius 3 is 3.00 bits per heavy atom. The van der Waals surface area contributed by atoms with E-state index in [1.165, 1.54) is 11.3 Å². The number of methoxy groups -OCH3 is 2. The molecule has 1 aromatic rings. The molecule has 0 radical (unpaired) electrons. The average molecular weight is 256 g/mol. The smallest absolute Gasteiger partial charge is 0.261 e. The summed E-state index contributed by atoms with van der Waals surface area (Å²) in [6.45, 7) is 1.52. The number of thiophene rings is 1. The molecule has 1 aliphatic rings. The van der Waals surface area contributed by atoms with Gasteiger partial charge in [-0.1, -0.05) is 0 Å². The van der Waals surface area contributed by atoms with Crippen molar-refractivity contribution in [2.24, 2.45) is 0 Å². The quantitative estimate of drug-likeness (QED) is 0.822. The molecule has 94 valence electrons. The zero-order chi connectivity index (χ0) is 12.3. The van der Waals surface area contributed by atoms with E-state index in [-0.39, 0.29) is 18.1 Å². The molecule has 1 unspecified atom stereocenters. The van der Waals surface area contributed by atoms with Gasteiger partial charge < -0.3 is 20.1 Å². The Bertz CT molecular complexity index is 394. The van der Waals surface area contributed by atoms with Crippen LogP contribution in [-0.2, 0) is 4.74 Å². The van der Waals surface area contributed by atoms with Gasteiger partial charge in [-0.05, 0) is 0 Å². The molecule has 6 heteroatoms. The number of hydrogen-bond donors (Lipinski definition) is 2. The minimum atomic E-state index is -0.0750. The van der Waals surface area contributed by atoms with E-state index in [0.717, 1.165) is 13.1 Å². The third kappa shape index (κ3) is 2.77. The molecule has 0 bridgehead atoms. The van der Waals surface area contributed by atoms with Crippen LogP contribution in [0.25, 0.3) is 0 Å². The maximum Gasteiger partial charge on any atom is 0.261 e. The minimum Gasteiger partial charge on any atom is -0.496 e. The van der Waals surface area contributed by atoms with Crippen LogP contribution >= 0.6 is 11.3 Å². The molecule has 17 heavy (non-hydrogen) atoms. The molecule has 1 saturated heterocycles. The van der Waals surface area contributed by atoms with Crippen LogP contribution in [0.3, 0.4) is 0 Å². The predicted molar refractivity (Wildman–Crippen MR) is 65.8 cm³/mol. The molecule has 1 amide bonds. The first-order valence-corrected chi connectivity index (χ1v) is 6.29. The standard InChI is InChI=1S/C11H16N2O3S/c1-15-7-3-10(17-6-7)11(14)13-8-4-12-5-9(8)16-2/h3,6,8-9,12H,4-5H2,1-2H3,(H,13,14)/t8?,9-/m0/s1. The molecule has 0 aromatic carbocycles. The Morgan fingerprint density at radius 2 is 2.35 bits per heavy atom. The van der Waals surface area contributed by atoms with Crippen LogP contribution in [0.1, 0.15) is 9.67 Å². The summed E-state index contributed by atoms with van der Waals surface area (Å²) in [5, 5.41) is 7.96. The SMILES string of the molecule is COc1csc(C(=O)NC2CNC[C@@H]2OC)c1. The van der Waals surface area contributed by atoms with Gasteiger partial charge in [-0.3, -0.25) is 4.79 Å². The first-order valence-electron chi connectivity index (χ1n) is 5.41. The number of carbonyl (C=O) groups is 1. The second-order valence-corrected chi connectivity index (χ2v) is 4.77. The van der Waals surface area contributed by atoms with Crippen molar-refractivity contribution in [1.29, 1.82) is 0 Å². The second-order valence-electron chi connectivity index (χ2n) is 3.86. The summed E-state index contributed by atoms with van der Waals surface area (Å²) in [7, 11) is 3.25. The predicted octanol–water partition coefficient (Wildman–Crippen LogP) is 0.473. The highest BCUT2D eigenvalue weighted by Gasteiger charge is 2.28. The number of ether oxygens (including phenoxy) is 2. The summed E-state index contributed by atoms with van der Waals surface area (Å²) in [5.74, 6) is 0.641. The molecular formula is C11H16N2O3S. The highest BCUT2D eigenvalue weighted by Crippen LogP contribution is 2.21. The monoisotopic (exact) mass is 256 g/mol. The first-order chi connectivity index (χ1) is 8.24. The van der Waals surface area contributed by atoms with Crippen LogP contribution in [0.5, 0.6) is 5.75 Å². The summed E-state index contributed by atoms with van der Waals surface area (Å²) >= 11 is 1.38. The number of hydrogen-bond acceptors (Lipinski definition) is 5. The van der Waals surface area contributed by atoms with Gasteiger partial charge in [0.15, 0.2) is 0 Å². The molecule has 2 N–H and O–H groups in total. The van der Waals surface area contributed by atoms with Crippen molar-refractivity contribution in [1.82, 2.24) is 10.6 Å². The zero-order valence-corrected chi connectivity index (χ0v) is 10.7. The fourth-order valence-corrected chi connectivity index (χ4v) is 2.59. The number of carbonyl (C=O) groups excluding carboxylic acids is 1. The Morgan fingerprint density at radius 1 is 1.53 bits per heavy atom. The Hall–Kier alpha value is -1.11. The molecule has 2 heterocycles. The van der Waals surface area contributed by atoms with E-state index in [9.17, 15) is 4.79 Å². The highest BCUT2D eigenvalue weighted by molar-refractivity contribution is 7.12. The summed E-state index contributed by atoms with van der Waals surface area (Å²) in [4.78, 5) is 12.6. The Balaban J connectivity index is 1.96. The zero-order valence-electron chi connectivity index (χ0n) is 9.86. The van der Waals surface area contributed by atoms with Gasteiger partial charge in [0.25, 0.3) is 5.91 Å². The molecule has 2 atom stereocenters. The molecular weight excluding hydrogens is 240 g/mol. The van der Waals surface area contributed by atoms with Crippen molar-refractivity contribution in [3.05, 3.63) is 16.3 Å². The highest BCUT2D eigenvalue weighted by atomic mass is 32.1. The molecule has 0 spiro atoms. The summed E-state index contributed by atoms with van der Waals surface area (Å²) in [6.07, 6.45) is 0.0424. The van der Waals surface area contributed by atoms with E-state index >= 15 is 0 Å². The summed E-state index contributed by atoms with van der Waals surface area (Å²) in [5.41, 5.74) is 0. The van der Waals surface area contributed by atoms with Crippen LogP contribution in [0, 0.1) is 0 Å². The Kier molecular flexibility index (Phi) is 3.98. The van der Waals surface area contributed by atoms with E-state index in [0.29, 0.717) is 10.6 Å². The fraction of sp³-hybridized carbons (Fsp3) is 0.545. The van der Waals surface area contributed by atoms with Crippen LogP contribution in [0.4, 0.5) is 0 Å². The fourth-order valence-electron chi connectivity index (χ4n) is 1.83. The van der Waals surface area contributed by atoms with Crippen molar-refractivity contribution >= 4 is 17.2 Å². The van der Waals surface area contributed by atoms with Gasteiger partial charge in [-0.2, -0.15) is 0 Å². The molecule has 0 saturated carbocycles. The van der Waals surface area contributed by atoms with E-state index in [4.69, 9.17) is 9.47 Å². The van der Waals surface area contributed by atoms with Crippen molar-refractivity contribution in [3.8, 4) is 5.75 Å². The summed E-state index contributed by atoms with van der Waals surface area (Å²) in [6, 6.07) is 1.77. The van der Waals surface area contributed by atoms with Crippen molar-refractivity contribution in [3.63, 3.8) is 0 Å². The summed E-state index contributed by atoms with van der Waals surface area (Å²) < 4.78 is 10.3. The van der Waals surface area contributed by atoms with Gasteiger partial charge in [-0.25, -0.2) is 0 Å². The molecule has 2 rings (SSSR count). The minimum absolute atomic E-state index is 0.0283. The number of amides is 1. The van der Waals surface area contributed by atoms with E-state index in [1.807, 2.05) is 5.38 Å². The topological polar surface area (TPSA) is 59.6 Å². The molecule has 0 aliphatic carbocycles. The lowest BCUT2D eigenvalue weighted by atomic mass is 10.2. The molecule has 1 aliphatic heterocycles. The second kappa shape index (κ2) is 5.48. The van der Waals surface area contributed by atoms with E-state index in [2.05, 4.69) is 10.6 Å². The van der Waals surface area contributed by atoms with Gasteiger partial charge in [0, 0.05) is 31.6 Å². The third-order valence-corrected chi connectivity index (χ3v) is 3.72. The lowest BCUT2D eigenvalue weighted by Gasteiger charge is -2.17. The van der Waals surface area contributed by atoms with Crippen molar-refractivity contribution < 1.29 is 14.3 Å². The van der Waals surface area contributed by atoms with Gasteiger partial charge >= 0.3 is 0 Å². The van der Waals surface area contributed by atoms with Crippen LogP contribution < -0.4 is 15.4 Å². The lowest BCUT2D eigenvalue weighted by molar-refractivity contribution is 0.0782. The maximum atomic E-state index is 12.0. The van der Waals surface area contributed by atoms with Crippen LogP contribution in [-0.4, -0.2) is 45.4 Å². The molecule has 1 fully saturated rings. The first kappa shape index (κ1) is 12.3. The van der Waals surface area contributed by atoms with Crippen molar-refractivity contribution in [2.75, 3.05) is 27.3 Å². The average Bonchev–Trinajstić information content (AvgIpc) is 2.96. The van der Waals surface area contributed by atoms with E-state index < -0.39 is 0 Å². The Labute approximate surface area is 104 Å². The van der Waals surface area contributed by atoms with Crippen molar-refractivity contribution in [2.45, 2.75) is 12.1 Å². The largest absolute Gasteiger partial charge is 0.496 e. The lowest BCUT2D eigenvalue weighted by Crippen LogP contribution is -2.43. The normalized spacial score (nSPS) is 23.6. The molecule has 1 aromatic heterocycles. The van der Waals surface area contributed by atoms with Gasteiger partial charge in [0.2, 0.25) is 0 Å². The number of nitrogens with one attached hydrogen (secondary N) is 2. The maximum absolute atomic E-state index is 12.0. The third-order valence-electron chi connectivity index (χ3n) is 2.81. The van der Waals surface area contributed by atoms with Gasteiger partial charge in [-0.15, -0.1) is 11.3 Å². The molecule has 5 nitrogen and oxygen atoms in total.